The smallest absolute Gasteiger partial charge is 0.212 e. The van der Waals surface area contributed by atoms with E-state index >= 15 is 0 Å². The molecule has 2 saturated carbocycles. The van der Waals surface area contributed by atoms with Crippen LogP contribution in [0.5, 0.6) is 0 Å². The number of nitrogens with two attached hydrogens (primary N) is 1. The van der Waals surface area contributed by atoms with Crippen LogP contribution in [0, 0.1) is 11.8 Å². The molecule has 0 spiro atoms. The summed E-state index contributed by atoms with van der Waals surface area (Å²) in [6.07, 6.45) is 9.66. The summed E-state index contributed by atoms with van der Waals surface area (Å²) in [5.41, 5.74) is 5.52. The van der Waals surface area contributed by atoms with Crippen molar-refractivity contribution in [3.05, 3.63) is 0 Å². The lowest BCUT2D eigenvalue weighted by Crippen LogP contribution is -2.56. The number of hydrogen-bond donors (Lipinski definition) is 2. The van der Waals surface area contributed by atoms with E-state index in [9.17, 15) is 8.42 Å². The Morgan fingerprint density at radius 1 is 1.10 bits per heavy atom. The monoisotopic (exact) mass is 302 g/mol. The SMILES string of the molecule is CC1CCC(CN)(NS(=O)(=O)CC2CCCCC2)CC1. The van der Waals surface area contributed by atoms with Crippen LogP contribution in [0.15, 0.2) is 0 Å². The van der Waals surface area contributed by atoms with Crippen LogP contribution < -0.4 is 10.5 Å². The summed E-state index contributed by atoms with van der Waals surface area (Å²) in [5, 5.41) is 0. The summed E-state index contributed by atoms with van der Waals surface area (Å²) in [6, 6.07) is 0. The van der Waals surface area contributed by atoms with E-state index in [1.165, 1.54) is 19.3 Å². The van der Waals surface area contributed by atoms with Crippen LogP contribution in [-0.4, -0.2) is 26.3 Å². The zero-order valence-electron chi connectivity index (χ0n) is 12.7. The molecule has 3 N–H and O–H groups in total. The third kappa shape index (κ3) is 4.43. The van der Waals surface area contributed by atoms with Crippen molar-refractivity contribution in [1.29, 1.82) is 0 Å². The molecule has 0 bridgehead atoms. The van der Waals surface area contributed by atoms with Gasteiger partial charge in [0.2, 0.25) is 10.0 Å². The van der Waals surface area contributed by atoms with Gasteiger partial charge in [0, 0.05) is 12.1 Å². The molecule has 4 nitrogen and oxygen atoms in total. The fraction of sp³-hybridized carbons (Fsp3) is 1.00. The molecule has 0 aromatic heterocycles. The zero-order valence-corrected chi connectivity index (χ0v) is 13.6. The maximum atomic E-state index is 12.4. The summed E-state index contributed by atoms with van der Waals surface area (Å²) in [6.45, 7) is 2.65. The van der Waals surface area contributed by atoms with Crippen molar-refractivity contribution in [3.63, 3.8) is 0 Å². The minimum atomic E-state index is -3.20. The zero-order chi connectivity index (χ0) is 14.6. The molecular weight excluding hydrogens is 272 g/mol. The van der Waals surface area contributed by atoms with E-state index < -0.39 is 10.0 Å². The van der Waals surface area contributed by atoms with Crippen LogP contribution in [0.4, 0.5) is 0 Å². The van der Waals surface area contributed by atoms with Gasteiger partial charge in [-0.2, -0.15) is 0 Å². The quantitative estimate of drug-likeness (QED) is 0.819. The van der Waals surface area contributed by atoms with Gasteiger partial charge < -0.3 is 5.73 Å². The molecule has 0 unspecified atom stereocenters. The van der Waals surface area contributed by atoms with E-state index in [-0.39, 0.29) is 5.54 Å². The molecule has 0 heterocycles. The van der Waals surface area contributed by atoms with E-state index in [1.807, 2.05) is 0 Å². The van der Waals surface area contributed by atoms with Crippen LogP contribution in [-0.2, 0) is 10.0 Å². The Bertz CT molecular complexity index is 394. The first kappa shape index (κ1) is 16.2. The van der Waals surface area contributed by atoms with Gasteiger partial charge in [0.1, 0.15) is 0 Å². The van der Waals surface area contributed by atoms with Crippen molar-refractivity contribution in [2.45, 2.75) is 70.3 Å². The van der Waals surface area contributed by atoms with Crippen LogP contribution in [0.2, 0.25) is 0 Å². The van der Waals surface area contributed by atoms with Crippen molar-refractivity contribution in [1.82, 2.24) is 4.72 Å². The van der Waals surface area contributed by atoms with Gasteiger partial charge in [-0.15, -0.1) is 0 Å². The Hall–Kier alpha value is -0.130. The predicted octanol–water partition coefficient (Wildman–Crippen LogP) is 2.39. The van der Waals surface area contributed by atoms with Crippen LogP contribution >= 0.6 is 0 Å². The molecule has 2 fully saturated rings. The summed E-state index contributed by atoms with van der Waals surface area (Å²) < 4.78 is 27.9. The number of rotatable bonds is 5. The lowest BCUT2D eigenvalue weighted by molar-refractivity contribution is 0.230. The summed E-state index contributed by atoms with van der Waals surface area (Å²) in [4.78, 5) is 0. The van der Waals surface area contributed by atoms with Gasteiger partial charge >= 0.3 is 0 Å². The van der Waals surface area contributed by atoms with Crippen LogP contribution in [0.3, 0.4) is 0 Å². The second-order valence-electron chi connectivity index (χ2n) is 7.05. The van der Waals surface area contributed by atoms with Crippen molar-refractivity contribution in [3.8, 4) is 0 Å². The first-order valence-corrected chi connectivity index (χ1v) is 9.82. The molecule has 0 aromatic carbocycles. The molecule has 0 radical (unpaired) electrons. The molecule has 20 heavy (non-hydrogen) atoms. The van der Waals surface area contributed by atoms with Gasteiger partial charge in [0.05, 0.1) is 5.75 Å². The predicted molar refractivity (Wildman–Crippen MR) is 82.9 cm³/mol. The Kier molecular flexibility index (Phi) is 5.49. The molecule has 0 atom stereocenters. The molecular formula is C15H30N2O2S. The van der Waals surface area contributed by atoms with Gasteiger partial charge in [-0.3, -0.25) is 0 Å². The Labute approximate surface area is 123 Å². The standard InChI is InChI=1S/C15H30N2O2S/c1-13-7-9-15(12-16,10-8-13)17-20(18,19)11-14-5-3-2-4-6-14/h13-14,17H,2-12,16H2,1H3. The minimum absolute atomic E-state index is 0.296. The fourth-order valence-electron chi connectivity index (χ4n) is 3.70. The van der Waals surface area contributed by atoms with E-state index in [4.69, 9.17) is 5.73 Å². The molecule has 2 aliphatic rings. The average Bonchev–Trinajstić information content (AvgIpc) is 2.42. The van der Waals surface area contributed by atoms with Gasteiger partial charge in [0.15, 0.2) is 0 Å². The minimum Gasteiger partial charge on any atom is -0.329 e. The highest BCUT2D eigenvalue weighted by Gasteiger charge is 2.37. The van der Waals surface area contributed by atoms with Crippen LogP contribution in [0.1, 0.15) is 64.7 Å². The number of nitrogens with one attached hydrogen (secondary N) is 1. The van der Waals surface area contributed by atoms with Crippen LogP contribution in [0.25, 0.3) is 0 Å². The Balaban J connectivity index is 1.94. The lowest BCUT2D eigenvalue weighted by atomic mass is 9.78. The summed E-state index contributed by atoms with van der Waals surface area (Å²) in [5.74, 6) is 1.33. The first-order chi connectivity index (χ1) is 9.45. The highest BCUT2D eigenvalue weighted by atomic mass is 32.2. The van der Waals surface area contributed by atoms with E-state index in [0.29, 0.717) is 24.1 Å². The van der Waals surface area contributed by atoms with E-state index in [0.717, 1.165) is 38.5 Å². The summed E-state index contributed by atoms with van der Waals surface area (Å²) in [7, 11) is -3.20. The molecule has 0 amide bonds. The highest BCUT2D eigenvalue weighted by molar-refractivity contribution is 7.89. The highest BCUT2D eigenvalue weighted by Crippen LogP contribution is 2.32. The molecule has 0 aromatic rings. The molecule has 2 aliphatic carbocycles. The largest absolute Gasteiger partial charge is 0.329 e. The third-order valence-corrected chi connectivity index (χ3v) is 6.83. The second kappa shape index (κ2) is 6.75. The number of hydrogen-bond acceptors (Lipinski definition) is 3. The summed E-state index contributed by atoms with van der Waals surface area (Å²) >= 11 is 0. The van der Waals surface area contributed by atoms with Crippen molar-refractivity contribution < 1.29 is 8.42 Å². The van der Waals surface area contributed by atoms with Gasteiger partial charge in [-0.05, 0) is 50.4 Å². The van der Waals surface area contributed by atoms with Gasteiger partial charge in [0.25, 0.3) is 0 Å². The topological polar surface area (TPSA) is 72.2 Å². The molecule has 118 valence electrons. The van der Waals surface area contributed by atoms with Crippen molar-refractivity contribution in [2.24, 2.45) is 17.6 Å². The lowest BCUT2D eigenvalue weighted by Gasteiger charge is -2.39. The Morgan fingerprint density at radius 3 is 2.25 bits per heavy atom. The second-order valence-corrected chi connectivity index (χ2v) is 8.82. The molecule has 0 saturated heterocycles. The number of sulfonamides is 1. The maximum Gasteiger partial charge on any atom is 0.212 e. The Morgan fingerprint density at radius 2 is 1.70 bits per heavy atom. The first-order valence-electron chi connectivity index (χ1n) is 8.16. The van der Waals surface area contributed by atoms with E-state index in [2.05, 4.69) is 11.6 Å². The van der Waals surface area contributed by atoms with Gasteiger partial charge in [-0.25, -0.2) is 13.1 Å². The maximum absolute atomic E-state index is 12.4. The van der Waals surface area contributed by atoms with Gasteiger partial charge in [-0.1, -0.05) is 26.2 Å². The molecule has 0 aliphatic heterocycles. The normalized spacial score (nSPS) is 33.2. The van der Waals surface area contributed by atoms with Crippen molar-refractivity contribution in [2.75, 3.05) is 12.3 Å². The average molecular weight is 302 g/mol. The molecule has 2 rings (SSSR count). The third-order valence-electron chi connectivity index (χ3n) is 5.17. The van der Waals surface area contributed by atoms with Crippen molar-refractivity contribution >= 4 is 10.0 Å². The molecule has 5 heteroatoms. The van der Waals surface area contributed by atoms with E-state index in [1.54, 1.807) is 0 Å². The fourth-order valence-corrected chi connectivity index (χ4v) is 5.68.